The van der Waals surface area contributed by atoms with E-state index < -0.39 is 29.0 Å². The van der Waals surface area contributed by atoms with Crippen molar-refractivity contribution in [2.24, 2.45) is 10.9 Å². The Morgan fingerprint density at radius 2 is 1.76 bits per heavy atom. The van der Waals surface area contributed by atoms with E-state index in [-0.39, 0.29) is 4.90 Å². The highest BCUT2D eigenvalue weighted by atomic mass is 32.2. The van der Waals surface area contributed by atoms with Crippen LogP contribution in [0.1, 0.15) is 0 Å². The molecule has 1 rings (SSSR count). The third-order valence-electron chi connectivity index (χ3n) is 2.03. The van der Waals surface area contributed by atoms with Gasteiger partial charge in [-0.05, 0) is 24.3 Å². The van der Waals surface area contributed by atoms with E-state index in [9.17, 15) is 17.2 Å². The summed E-state index contributed by atoms with van der Waals surface area (Å²) in [5.74, 6) is -3.00. The molecule has 0 spiro atoms. The molecule has 0 aliphatic heterocycles. The molecule has 8 heteroatoms. The highest BCUT2D eigenvalue weighted by Crippen LogP contribution is 2.16. The van der Waals surface area contributed by atoms with Crippen LogP contribution in [-0.4, -0.2) is 27.4 Å². The first-order valence-electron chi connectivity index (χ1n) is 4.69. The van der Waals surface area contributed by atoms with E-state index in [4.69, 9.17) is 10.9 Å². The Balaban J connectivity index is 2.70. The summed E-state index contributed by atoms with van der Waals surface area (Å²) in [7, 11) is -3.76. The van der Waals surface area contributed by atoms with Gasteiger partial charge in [0.25, 0.3) is 5.92 Å². The second-order valence-electron chi connectivity index (χ2n) is 3.48. The Morgan fingerprint density at radius 3 is 2.18 bits per heavy atom. The van der Waals surface area contributed by atoms with Gasteiger partial charge in [0.15, 0.2) is 0 Å². The van der Waals surface area contributed by atoms with Gasteiger partial charge in [-0.2, -0.15) is 0 Å². The molecular formula is C9H13F2N3O2S. The van der Waals surface area contributed by atoms with Crippen LogP contribution in [0.25, 0.3) is 0 Å². The number of alkyl halides is 2. The zero-order valence-corrected chi connectivity index (χ0v) is 9.68. The summed E-state index contributed by atoms with van der Waals surface area (Å²) in [5.41, 5.74) is 5.23. The lowest BCUT2D eigenvalue weighted by molar-refractivity contribution is 0.0254. The van der Waals surface area contributed by atoms with E-state index in [0.29, 0.717) is 5.69 Å². The second kappa shape index (κ2) is 4.94. The van der Waals surface area contributed by atoms with E-state index in [0.717, 1.165) is 0 Å². The van der Waals surface area contributed by atoms with Gasteiger partial charge in [-0.25, -0.2) is 22.3 Å². The van der Waals surface area contributed by atoms with Crippen molar-refractivity contribution in [1.29, 1.82) is 0 Å². The van der Waals surface area contributed by atoms with E-state index in [2.05, 4.69) is 5.32 Å². The molecule has 1 aromatic carbocycles. The highest BCUT2D eigenvalue weighted by molar-refractivity contribution is 7.89. The Bertz CT molecular complexity index is 474. The zero-order chi connectivity index (χ0) is 13.1. The first-order chi connectivity index (χ1) is 7.74. The van der Waals surface area contributed by atoms with Crippen LogP contribution in [0.2, 0.25) is 0 Å². The number of nitrogens with one attached hydrogen (secondary N) is 1. The number of hydrogen-bond acceptors (Lipinski definition) is 4. The summed E-state index contributed by atoms with van der Waals surface area (Å²) < 4.78 is 47.5. The van der Waals surface area contributed by atoms with Crippen molar-refractivity contribution in [2.45, 2.75) is 10.8 Å². The molecule has 0 aliphatic carbocycles. The normalized spacial score (nSPS) is 12.5. The second-order valence-corrected chi connectivity index (χ2v) is 5.04. The first kappa shape index (κ1) is 13.8. The monoisotopic (exact) mass is 265 g/mol. The molecular weight excluding hydrogens is 252 g/mol. The smallest absolute Gasteiger partial charge is 0.276 e. The zero-order valence-electron chi connectivity index (χ0n) is 8.86. The van der Waals surface area contributed by atoms with Gasteiger partial charge in [0.2, 0.25) is 10.0 Å². The van der Waals surface area contributed by atoms with Crippen LogP contribution in [0.4, 0.5) is 14.5 Å². The van der Waals surface area contributed by atoms with Gasteiger partial charge in [-0.3, -0.25) is 0 Å². The van der Waals surface area contributed by atoms with Crippen molar-refractivity contribution >= 4 is 15.7 Å². The van der Waals surface area contributed by atoms with Gasteiger partial charge in [-0.1, -0.05) is 0 Å². The fraction of sp³-hybridized carbons (Fsp3) is 0.333. The van der Waals surface area contributed by atoms with Gasteiger partial charge in [-0.15, -0.1) is 0 Å². The van der Waals surface area contributed by atoms with Crippen LogP contribution < -0.4 is 16.2 Å². The molecule has 0 heterocycles. The molecule has 0 saturated heterocycles. The molecule has 0 aromatic heterocycles. The quantitative estimate of drug-likeness (QED) is 0.715. The minimum Gasteiger partial charge on any atom is -0.379 e. The van der Waals surface area contributed by atoms with E-state index in [1.165, 1.54) is 24.3 Å². The maximum absolute atomic E-state index is 12.8. The molecule has 0 aliphatic rings. The Labute approximate surface area is 97.8 Å². The fourth-order valence-electron chi connectivity index (χ4n) is 1.07. The van der Waals surface area contributed by atoms with Gasteiger partial charge >= 0.3 is 0 Å². The molecule has 5 nitrogen and oxygen atoms in total. The number of primary sulfonamides is 1. The minimum absolute atomic E-state index is 0.0753. The third-order valence-corrected chi connectivity index (χ3v) is 2.96. The van der Waals surface area contributed by atoms with Crippen LogP contribution in [0.3, 0.4) is 0 Å². The Hall–Kier alpha value is -1.25. The maximum atomic E-state index is 12.8. The number of anilines is 1. The molecule has 0 unspecified atom stereocenters. The SMILES string of the molecule is NCC(F)(F)CNc1ccc(S(N)(=O)=O)cc1. The molecule has 17 heavy (non-hydrogen) atoms. The Morgan fingerprint density at radius 1 is 1.24 bits per heavy atom. The number of rotatable bonds is 5. The lowest BCUT2D eigenvalue weighted by atomic mass is 10.3. The summed E-state index contributed by atoms with van der Waals surface area (Å²) in [4.78, 5) is -0.0753. The predicted molar refractivity (Wildman–Crippen MR) is 60.3 cm³/mol. The fourth-order valence-corrected chi connectivity index (χ4v) is 1.58. The average molecular weight is 265 g/mol. The summed E-state index contributed by atoms with van der Waals surface area (Å²) >= 11 is 0. The van der Waals surface area contributed by atoms with Gasteiger partial charge in [0.05, 0.1) is 18.0 Å². The number of benzene rings is 1. The van der Waals surface area contributed by atoms with Crippen molar-refractivity contribution < 1.29 is 17.2 Å². The molecule has 1 aromatic rings. The molecule has 5 N–H and O–H groups in total. The highest BCUT2D eigenvalue weighted by Gasteiger charge is 2.26. The minimum atomic E-state index is -3.76. The van der Waals surface area contributed by atoms with E-state index >= 15 is 0 Å². The van der Waals surface area contributed by atoms with Crippen LogP contribution in [0.15, 0.2) is 29.2 Å². The predicted octanol–water partition coefficient (Wildman–Crippen LogP) is 0.340. The van der Waals surface area contributed by atoms with E-state index in [1.807, 2.05) is 0 Å². The van der Waals surface area contributed by atoms with Gasteiger partial charge in [0, 0.05) is 5.69 Å². The van der Waals surface area contributed by atoms with Gasteiger partial charge in [0.1, 0.15) is 0 Å². The van der Waals surface area contributed by atoms with Crippen molar-refractivity contribution in [2.75, 3.05) is 18.4 Å². The number of sulfonamides is 1. The number of halogens is 2. The van der Waals surface area contributed by atoms with E-state index in [1.54, 1.807) is 0 Å². The van der Waals surface area contributed by atoms with Crippen molar-refractivity contribution in [3.8, 4) is 0 Å². The van der Waals surface area contributed by atoms with Crippen molar-refractivity contribution in [1.82, 2.24) is 0 Å². The topological polar surface area (TPSA) is 98.2 Å². The molecule has 0 fully saturated rings. The molecule has 0 atom stereocenters. The van der Waals surface area contributed by atoms with Crippen LogP contribution in [-0.2, 0) is 10.0 Å². The third kappa shape index (κ3) is 4.25. The van der Waals surface area contributed by atoms with Crippen LogP contribution in [0, 0.1) is 0 Å². The molecule has 0 radical (unpaired) electrons. The van der Waals surface area contributed by atoms with Crippen molar-refractivity contribution in [3.05, 3.63) is 24.3 Å². The average Bonchev–Trinajstić information content (AvgIpc) is 2.26. The van der Waals surface area contributed by atoms with Crippen LogP contribution in [0.5, 0.6) is 0 Å². The van der Waals surface area contributed by atoms with Crippen molar-refractivity contribution in [3.63, 3.8) is 0 Å². The first-order valence-corrected chi connectivity index (χ1v) is 6.24. The Kier molecular flexibility index (Phi) is 4.02. The number of hydrogen-bond donors (Lipinski definition) is 3. The molecule has 0 bridgehead atoms. The largest absolute Gasteiger partial charge is 0.379 e. The molecule has 0 saturated carbocycles. The lowest BCUT2D eigenvalue weighted by Gasteiger charge is -2.15. The lowest BCUT2D eigenvalue weighted by Crippen LogP contribution is -2.35. The summed E-state index contributed by atoms with van der Waals surface area (Å²) in [6, 6.07) is 5.18. The summed E-state index contributed by atoms with van der Waals surface area (Å²) in [6.07, 6.45) is 0. The number of nitrogens with two attached hydrogens (primary N) is 2. The summed E-state index contributed by atoms with van der Waals surface area (Å²) in [5, 5.41) is 7.34. The standard InChI is InChI=1S/C9H13F2N3O2S/c10-9(11,5-12)6-14-7-1-3-8(4-2-7)17(13,15)16/h1-4,14H,5-6,12H2,(H2,13,15,16). The summed E-state index contributed by atoms with van der Waals surface area (Å²) in [6.45, 7) is -1.37. The van der Waals surface area contributed by atoms with Crippen LogP contribution >= 0.6 is 0 Å². The maximum Gasteiger partial charge on any atom is 0.276 e. The molecule has 96 valence electrons. The van der Waals surface area contributed by atoms with Gasteiger partial charge < -0.3 is 11.1 Å². The molecule has 0 amide bonds.